The van der Waals surface area contributed by atoms with E-state index in [4.69, 9.17) is 9.72 Å². The maximum atomic E-state index is 13.0. The molecule has 29 heavy (non-hydrogen) atoms. The zero-order valence-corrected chi connectivity index (χ0v) is 19.3. The van der Waals surface area contributed by atoms with Gasteiger partial charge >= 0.3 is 0 Å². The minimum absolute atomic E-state index is 0.211. The predicted molar refractivity (Wildman–Crippen MR) is 119 cm³/mol. The van der Waals surface area contributed by atoms with Gasteiger partial charge in [0, 0.05) is 17.8 Å². The van der Waals surface area contributed by atoms with E-state index in [0.717, 1.165) is 35.8 Å². The number of aromatic nitrogens is 1. The molecule has 0 aliphatic heterocycles. The Morgan fingerprint density at radius 3 is 2.66 bits per heavy atom. The molecule has 0 saturated heterocycles. The lowest BCUT2D eigenvalue weighted by Crippen LogP contribution is -2.37. The van der Waals surface area contributed by atoms with Crippen LogP contribution in [0.1, 0.15) is 66.9 Å². The smallest absolute Gasteiger partial charge is 0.226 e. The van der Waals surface area contributed by atoms with Gasteiger partial charge in [-0.3, -0.25) is 4.79 Å². The van der Waals surface area contributed by atoms with Crippen LogP contribution in [-0.4, -0.2) is 22.3 Å². The van der Waals surface area contributed by atoms with Gasteiger partial charge in [-0.1, -0.05) is 32.8 Å². The molecule has 1 amide bonds. The van der Waals surface area contributed by atoms with Crippen molar-refractivity contribution in [1.82, 2.24) is 9.88 Å². The van der Waals surface area contributed by atoms with Crippen molar-refractivity contribution in [2.45, 2.75) is 73.5 Å². The van der Waals surface area contributed by atoms with Gasteiger partial charge in [0.05, 0.1) is 12.2 Å². The molecular formula is C24H34N2O2S. The van der Waals surface area contributed by atoms with Gasteiger partial charge in [-0.25, -0.2) is 4.98 Å². The summed E-state index contributed by atoms with van der Waals surface area (Å²) in [5.74, 6) is 1.90. The summed E-state index contributed by atoms with van der Waals surface area (Å²) in [6, 6.07) is 4.26. The molecule has 0 atom stereocenters. The molecule has 1 fully saturated rings. The SMILES string of the molecule is Cc1cc(C)c(C)c(OCc2nc(CN(CC(C)C)C(=O)C3CCCC3)cs2)c1. The van der Waals surface area contributed by atoms with Gasteiger partial charge in [0.2, 0.25) is 5.91 Å². The molecule has 3 rings (SSSR count). The second kappa shape index (κ2) is 9.75. The van der Waals surface area contributed by atoms with Crippen LogP contribution in [0, 0.1) is 32.6 Å². The van der Waals surface area contributed by atoms with E-state index in [1.54, 1.807) is 11.3 Å². The first-order chi connectivity index (χ1) is 13.8. The van der Waals surface area contributed by atoms with Crippen LogP contribution < -0.4 is 4.74 Å². The summed E-state index contributed by atoms with van der Waals surface area (Å²) in [6.45, 7) is 12.5. The van der Waals surface area contributed by atoms with Crippen LogP contribution in [0.2, 0.25) is 0 Å². The number of rotatable bonds is 8. The summed E-state index contributed by atoms with van der Waals surface area (Å²) in [4.78, 5) is 19.8. The summed E-state index contributed by atoms with van der Waals surface area (Å²) >= 11 is 1.61. The molecule has 4 nitrogen and oxygen atoms in total. The number of carbonyl (C=O) groups is 1. The largest absolute Gasteiger partial charge is 0.486 e. The number of hydrogen-bond acceptors (Lipinski definition) is 4. The van der Waals surface area contributed by atoms with Crippen molar-refractivity contribution in [3.8, 4) is 5.75 Å². The Bertz CT molecular complexity index is 837. The van der Waals surface area contributed by atoms with Crippen molar-refractivity contribution in [3.05, 3.63) is 44.9 Å². The number of ether oxygens (including phenoxy) is 1. The standard InChI is InChI=1S/C24H34N2O2S/c1-16(2)12-26(24(27)20-8-6-7-9-20)13-21-15-29-23(25-21)14-28-22-11-17(3)10-18(4)19(22)5/h10-11,15-16,20H,6-9,12-14H2,1-5H3. The van der Waals surface area contributed by atoms with Gasteiger partial charge in [0.25, 0.3) is 0 Å². The number of benzene rings is 1. The lowest BCUT2D eigenvalue weighted by atomic mass is 10.1. The van der Waals surface area contributed by atoms with E-state index < -0.39 is 0 Å². The van der Waals surface area contributed by atoms with E-state index in [0.29, 0.717) is 25.0 Å². The van der Waals surface area contributed by atoms with Gasteiger partial charge in [0.1, 0.15) is 17.4 Å². The van der Waals surface area contributed by atoms with Gasteiger partial charge < -0.3 is 9.64 Å². The molecule has 1 aliphatic rings. The molecule has 0 bridgehead atoms. The second-order valence-electron chi connectivity index (χ2n) is 8.82. The van der Waals surface area contributed by atoms with Gasteiger partial charge in [-0.2, -0.15) is 0 Å². The highest BCUT2D eigenvalue weighted by molar-refractivity contribution is 7.09. The number of carbonyl (C=O) groups excluding carboxylic acids is 1. The van der Waals surface area contributed by atoms with Crippen molar-refractivity contribution >= 4 is 17.2 Å². The molecule has 0 unspecified atom stereocenters. The van der Waals surface area contributed by atoms with Crippen LogP contribution in [0.5, 0.6) is 5.75 Å². The summed E-state index contributed by atoms with van der Waals surface area (Å²) in [5.41, 5.74) is 4.60. The first-order valence-corrected chi connectivity index (χ1v) is 11.6. The summed E-state index contributed by atoms with van der Waals surface area (Å²) < 4.78 is 6.06. The second-order valence-corrected chi connectivity index (χ2v) is 9.76. The fourth-order valence-electron chi connectivity index (χ4n) is 4.08. The van der Waals surface area contributed by atoms with Crippen LogP contribution in [0.3, 0.4) is 0 Å². The molecule has 0 N–H and O–H groups in total. The third-order valence-corrected chi connectivity index (χ3v) is 6.54. The Kier molecular flexibility index (Phi) is 7.33. The zero-order valence-electron chi connectivity index (χ0n) is 18.5. The van der Waals surface area contributed by atoms with Crippen molar-refractivity contribution in [3.63, 3.8) is 0 Å². The molecule has 1 aliphatic carbocycles. The molecule has 1 heterocycles. The van der Waals surface area contributed by atoms with E-state index in [2.05, 4.69) is 52.1 Å². The number of thiazole rings is 1. The third kappa shape index (κ3) is 5.81. The van der Waals surface area contributed by atoms with Crippen LogP contribution in [0.4, 0.5) is 0 Å². The molecule has 1 aromatic heterocycles. The fraction of sp³-hybridized carbons (Fsp3) is 0.583. The van der Waals surface area contributed by atoms with E-state index >= 15 is 0 Å². The van der Waals surface area contributed by atoms with Gasteiger partial charge in [0.15, 0.2) is 0 Å². The Hall–Kier alpha value is -1.88. The third-order valence-electron chi connectivity index (χ3n) is 5.67. The Balaban J connectivity index is 1.64. The number of nitrogens with zero attached hydrogens (tertiary/aromatic N) is 2. The molecular weight excluding hydrogens is 380 g/mol. The van der Waals surface area contributed by atoms with Crippen LogP contribution in [0.25, 0.3) is 0 Å². The van der Waals surface area contributed by atoms with E-state index in [1.165, 1.54) is 29.5 Å². The highest BCUT2D eigenvalue weighted by atomic mass is 32.1. The van der Waals surface area contributed by atoms with Gasteiger partial charge in [-0.05, 0) is 62.3 Å². The highest BCUT2D eigenvalue weighted by Gasteiger charge is 2.28. The Morgan fingerprint density at radius 2 is 1.97 bits per heavy atom. The molecule has 5 heteroatoms. The average Bonchev–Trinajstić information content (AvgIpc) is 3.34. The quantitative estimate of drug-likeness (QED) is 0.546. The normalized spacial score (nSPS) is 14.6. The molecule has 1 aromatic carbocycles. The maximum absolute atomic E-state index is 13.0. The van der Waals surface area contributed by atoms with E-state index in [9.17, 15) is 4.79 Å². The molecule has 0 radical (unpaired) electrons. The molecule has 158 valence electrons. The summed E-state index contributed by atoms with van der Waals surface area (Å²) in [6.07, 6.45) is 4.45. The lowest BCUT2D eigenvalue weighted by Gasteiger charge is -2.26. The van der Waals surface area contributed by atoms with Crippen molar-refractivity contribution in [1.29, 1.82) is 0 Å². The Morgan fingerprint density at radius 1 is 1.24 bits per heavy atom. The average molecular weight is 415 g/mol. The number of amides is 1. The lowest BCUT2D eigenvalue weighted by molar-refractivity contribution is -0.136. The highest BCUT2D eigenvalue weighted by Crippen LogP contribution is 2.28. The maximum Gasteiger partial charge on any atom is 0.226 e. The minimum atomic E-state index is 0.211. The van der Waals surface area contributed by atoms with Crippen molar-refractivity contribution in [2.75, 3.05) is 6.54 Å². The van der Waals surface area contributed by atoms with Crippen LogP contribution in [-0.2, 0) is 17.9 Å². The number of hydrogen-bond donors (Lipinski definition) is 0. The molecule has 1 saturated carbocycles. The van der Waals surface area contributed by atoms with E-state index in [1.807, 2.05) is 4.90 Å². The van der Waals surface area contributed by atoms with E-state index in [-0.39, 0.29) is 5.92 Å². The minimum Gasteiger partial charge on any atom is -0.486 e. The zero-order chi connectivity index (χ0) is 21.0. The molecule has 0 spiro atoms. The summed E-state index contributed by atoms with van der Waals surface area (Å²) in [7, 11) is 0. The monoisotopic (exact) mass is 414 g/mol. The van der Waals surface area contributed by atoms with Crippen molar-refractivity contribution < 1.29 is 9.53 Å². The predicted octanol–water partition coefficient (Wildman–Crippen LogP) is 5.82. The Labute approximate surface area is 179 Å². The molecule has 2 aromatic rings. The first kappa shape index (κ1) is 21.8. The fourth-order valence-corrected chi connectivity index (χ4v) is 4.77. The topological polar surface area (TPSA) is 42.4 Å². The van der Waals surface area contributed by atoms with Gasteiger partial charge in [-0.15, -0.1) is 11.3 Å². The van der Waals surface area contributed by atoms with Crippen LogP contribution in [0.15, 0.2) is 17.5 Å². The number of aryl methyl sites for hydroxylation is 2. The van der Waals surface area contributed by atoms with Crippen LogP contribution >= 0.6 is 11.3 Å². The summed E-state index contributed by atoms with van der Waals surface area (Å²) in [5, 5.41) is 3.03. The van der Waals surface area contributed by atoms with Crippen molar-refractivity contribution in [2.24, 2.45) is 11.8 Å². The first-order valence-electron chi connectivity index (χ1n) is 10.8.